The van der Waals surface area contributed by atoms with Crippen molar-refractivity contribution < 1.29 is 4.79 Å². The average Bonchev–Trinajstić information content (AvgIpc) is 2.69. The van der Waals surface area contributed by atoms with Gasteiger partial charge in [-0.3, -0.25) is 4.79 Å². The molecular weight excluding hydrogens is 330 g/mol. The molecule has 0 N–H and O–H groups in total. The van der Waals surface area contributed by atoms with Gasteiger partial charge in [0.15, 0.2) is 0 Å². The first kappa shape index (κ1) is 22.0. The van der Waals surface area contributed by atoms with Crippen molar-refractivity contribution in [1.29, 1.82) is 0 Å². The summed E-state index contributed by atoms with van der Waals surface area (Å²) in [6.07, 6.45) is 20.8. The van der Waals surface area contributed by atoms with Gasteiger partial charge in [-0.1, -0.05) is 109 Å². The van der Waals surface area contributed by atoms with Crippen LogP contribution in [0.1, 0.15) is 109 Å². The highest BCUT2D eigenvalue weighted by molar-refractivity contribution is 5.96. The second-order valence-electron chi connectivity index (χ2n) is 8.27. The monoisotopic (exact) mass is 371 g/mol. The first-order valence-electron chi connectivity index (χ1n) is 11.7. The van der Waals surface area contributed by atoms with Crippen LogP contribution in [-0.4, -0.2) is 12.5 Å². The minimum Gasteiger partial charge on any atom is -0.312 e. The maximum atomic E-state index is 12.2. The summed E-state index contributed by atoms with van der Waals surface area (Å²) in [6, 6.07) is 8.41. The molecule has 0 aliphatic carbocycles. The maximum Gasteiger partial charge on any atom is 0.227 e. The number of benzene rings is 1. The van der Waals surface area contributed by atoms with Crippen LogP contribution >= 0.6 is 0 Å². The van der Waals surface area contributed by atoms with Crippen molar-refractivity contribution in [1.82, 2.24) is 0 Å². The van der Waals surface area contributed by atoms with E-state index in [2.05, 4.69) is 31.2 Å². The van der Waals surface area contributed by atoms with E-state index in [0.29, 0.717) is 12.3 Å². The number of anilines is 1. The molecule has 1 heterocycles. The SMILES string of the molecule is CCCCCCCCCCCCCCCCN1C(=O)CCc2ccccc21. The number of amides is 1. The molecule has 2 nitrogen and oxygen atoms in total. The predicted octanol–water partition coefficient (Wildman–Crippen LogP) is 7.45. The molecule has 2 heteroatoms. The van der Waals surface area contributed by atoms with Gasteiger partial charge in [-0.25, -0.2) is 0 Å². The van der Waals surface area contributed by atoms with Crippen molar-refractivity contribution in [3.05, 3.63) is 29.8 Å². The topological polar surface area (TPSA) is 20.3 Å². The van der Waals surface area contributed by atoms with Crippen molar-refractivity contribution >= 4 is 11.6 Å². The molecule has 0 saturated carbocycles. The van der Waals surface area contributed by atoms with Crippen LogP contribution in [0.2, 0.25) is 0 Å². The number of nitrogens with zero attached hydrogens (tertiary/aromatic N) is 1. The van der Waals surface area contributed by atoms with Gasteiger partial charge in [0.05, 0.1) is 0 Å². The molecule has 27 heavy (non-hydrogen) atoms. The number of hydrogen-bond donors (Lipinski definition) is 0. The third kappa shape index (κ3) is 8.49. The Kier molecular flexibility index (Phi) is 11.2. The van der Waals surface area contributed by atoms with Gasteiger partial charge in [-0.05, 0) is 24.5 Å². The van der Waals surface area contributed by atoms with E-state index in [0.717, 1.165) is 25.1 Å². The lowest BCUT2D eigenvalue weighted by molar-refractivity contribution is -0.118. The maximum absolute atomic E-state index is 12.2. The van der Waals surface area contributed by atoms with Crippen LogP contribution in [0.3, 0.4) is 0 Å². The van der Waals surface area contributed by atoms with Crippen LogP contribution in [0.5, 0.6) is 0 Å². The molecule has 0 spiro atoms. The van der Waals surface area contributed by atoms with Gasteiger partial charge in [0.1, 0.15) is 0 Å². The fourth-order valence-corrected chi connectivity index (χ4v) is 4.21. The van der Waals surface area contributed by atoms with E-state index in [-0.39, 0.29) is 0 Å². The predicted molar refractivity (Wildman–Crippen MR) is 117 cm³/mol. The molecule has 0 fully saturated rings. The van der Waals surface area contributed by atoms with Crippen molar-refractivity contribution in [3.63, 3.8) is 0 Å². The highest BCUT2D eigenvalue weighted by atomic mass is 16.2. The first-order chi connectivity index (χ1) is 13.3. The Morgan fingerprint density at radius 1 is 0.704 bits per heavy atom. The van der Waals surface area contributed by atoms with Gasteiger partial charge in [0.25, 0.3) is 0 Å². The van der Waals surface area contributed by atoms with Crippen LogP contribution in [0, 0.1) is 0 Å². The van der Waals surface area contributed by atoms with E-state index < -0.39 is 0 Å². The van der Waals surface area contributed by atoms with E-state index in [1.165, 1.54) is 89.0 Å². The summed E-state index contributed by atoms with van der Waals surface area (Å²) >= 11 is 0. The van der Waals surface area contributed by atoms with Crippen LogP contribution in [0.25, 0.3) is 0 Å². The zero-order valence-electron chi connectivity index (χ0n) is 17.7. The quantitative estimate of drug-likeness (QED) is 0.293. The summed E-state index contributed by atoms with van der Waals surface area (Å²) in [5.74, 6) is 0.309. The summed E-state index contributed by atoms with van der Waals surface area (Å²) < 4.78 is 0. The molecule has 1 aromatic carbocycles. The zero-order chi connectivity index (χ0) is 19.2. The highest BCUT2D eigenvalue weighted by Gasteiger charge is 2.22. The third-order valence-corrected chi connectivity index (χ3v) is 5.93. The Bertz CT molecular complexity index is 525. The summed E-state index contributed by atoms with van der Waals surface area (Å²) in [6.45, 7) is 3.18. The molecule has 2 rings (SSSR count). The molecule has 0 bridgehead atoms. The highest BCUT2D eigenvalue weighted by Crippen LogP contribution is 2.27. The minimum absolute atomic E-state index is 0.309. The second-order valence-corrected chi connectivity index (χ2v) is 8.27. The average molecular weight is 372 g/mol. The molecule has 1 aliphatic heterocycles. The molecule has 152 valence electrons. The Morgan fingerprint density at radius 3 is 1.81 bits per heavy atom. The summed E-state index contributed by atoms with van der Waals surface area (Å²) in [5.41, 5.74) is 2.49. The van der Waals surface area contributed by atoms with Crippen LogP contribution in [0.4, 0.5) is 5.69 Å². The number of carbonyl (C=O) groups excluding carboxylic acids is 1. The fourth-order valence-electron chi connectivity index (χ4n) is 4.21. The zero-order valence-corrected chi connectivity index (χ0v) is 17.7. The van der Waals surface area contributed by atoms with Crippen molar-refractivity contribution in [2.75, 3.05) is 11.4 Å². The molecule has 1 amide bonds. The number of carbonyl (C=O) groups is 1. The van der Waals surface area contributed by atoms with Crippen molar-refractivity contribution in [2.24, 2.45) is 0 Å². The van der Waals surface area contributed by atoms with Crippen molar-refractivity contribution in [3.8, 4) is 0 Å². The standard InChI is InChI=1S/C25H41NO/c1-2-3-4-5-6-7-8-9-10-11-12-13-14-17-22-26-24-19-16-15-18-23(24)20-21-25(26)27/h15-16,18-19H,2-14,17,20-22H2,1H3. The van der Waals surface area contributed by atoms with E-state index in [1.807, 2.05) is 4.90 Å². The number of para-hydroxylation sites is 1. The first-order valence-corrected chi connectivity index (χ1v) is 11.7. The van der Waals surface area contributed by atoms with E-state index in [4.69, 9.17) is 0 Å². The van der Waals surface area contributed by atoms with Gasteiger partial charge in [0, 0.05) is 18.7 Å². The lowest BCUT2D eigenvalue weighted by Gasteiger charge is -2.29. The fraction of sp³-hybridized carbons (Fsp3) is 0.720. The second kappa shape index (κ2) is 13.8. The largest absolute Gasteiger partial charge is 0.312 e. The molecule has 0 saturated heterocycles. The Labute approximate surface area is 167 Å². The molecule has 0 aromatic heterocycles. The van der Waals surface area contributed by atoms with E-state index in [1.54, 1.807) is 0 Å². The van der Waals surface area contributed by atoms with Crippen molar-refractivity contribution in [2.45, 2.75) is 110 Å². The van der Waals surface area contributed by atoms with Gasteiger partial charge in [-0.2, -0.15) is 0 Å². The van der Waals surface area contributed by atoms with Gasteiger partial charge < -0.3 is 4.90 Å². The molecule has 0 atom stereocenters. The number of hydrogen-bond acceptors (Lipinski definition) is 1. The normalized spacial score (nSPS) is 13.8. The lowest BCUT2D eigenvalue weighted by Crippen LogP contribution is -2.35. The third-order valence-electron chi connectivity index (χ3n) is 5.93. The molecule has 1 aromatic rings. The van der Waals surface area contributed by atoms with Crippen LogP contribution < -0.4 is 4.90 Å². The summed E-state index contributed by atoms with van der Waals surface area (Å²) in [7, 11) is 0. The summed E-state index contributed by atoms with van der Waals surface area (Å²) in [4.78, 5) is 14.3. The molecule has 0 unspecified atom stereocenters. The Hall–Kier alpha value is -1.31. The van der Waals surface area contributed by atoms with Gasteiger partial charge >= 0.3 is 0 Å². The summed E-state index contributed by atoms with van der Waals surface area (Å²) in [5, 5.41) is 0. The van der Waals surface area contributed by atoms with Crippen LogP contribution in [0.15, 0.2) is 24.3 Å². The van der Waals surface area contributed by atoms with E-state index in [9.17, 15) is 4.79 Å². The lowest BCUT2D eigenvalue weighted by atomic mass is 10.0. The number of aryl methyl sites for hydroxylation is 1. The Balaban J connectivity index is 1.44. The number of unbranched alkanes of at least 4 members (excludes halogenated alkanes) is 13. The number of rotatable bonds is 15. The molecule has 0 radical (unpaired) electrons. The molecular formula is C25H41NO. The van der Waals surface area contributed by atoms with Crippen LogP contribution in [-0.2, 0) is 11.2 Å². The Morgan fingerprint density at radius 2 is 1.22 bits per heavy atom. The molecule has 1 aliphatic rings. The van der Waals surface area contributed by atoms with E-state index >= 15 is 0 Å². The van der Waals surface area contributed by atoms with Gasteiger partial charge in [0.2, 0.25) is 5.91 Å². The minimum atomic E-state index is 0.309. The van der Waals surface area contributed by atoms with Gasteiger partial charge in [-0.15, -0.1) is 0 Å². The number of fused-ring (bicyclic) bond motifs is 1. The smallest absolute Gasteiger partial charge is 0.227 e.